The predicted octanol–water partition coefficient (Wildman–Crippen LogP) is 3.23. The molecule has 24 heavy (non-hydrogen) atoms. The summed E-state index contributed by atoms with van der Waals surface area (Å²) >= 11 is 0. The van der Waals surface area contributed by atoms with E-state index < -0.39 is 11.8 Å². The maximum atomic E-state index is 13.6. The molecule has 0 bridgehead atoms. The molecule has 1 amide bonds. The van der Waals surface area contributed by atoms with Gasteiger partial charge in [-0.25, -0.2) is 4.39 Å². The van der Waals surface area contributed by atoms with Crippen molar-refractivity contribution < 1.29 is 19.1 Å². The van der Waals surface area contributed by atoms with Crippen LogP contribution in [0, 0.1) is 5.82 Å². The van der Waals surface area contributed by atoms with Crippen LogP contribution in [0.25, 0.3) is 10.9 Å². The molecule has 1 heterocycles. The molecule has 6 heteroatoms. The second-order valence-corrected chi connectivity index (χ2v) is 6.34. The van der Waals surface area contributed by atoms with Crippen LogP contribution in [0.4, 0.5) is 4.39 Å². The molecule has 1 fully saturated rings. The number of hydrogen-bond acceptors (Lipinski definition) is 3. The lowest BCUT2D eigenvalue weighted by atomic mass is 10.0. The van der Waals surface area contributed by atoms with Crippen molar-refractivity contribution in [2.75, 3.05) is 0 Å². The first-order chi connectivity index (χ1) is 11.4. The third-order valence-corrected chi connectivity index (χ3v) is 4.20. The molecule has 1 aromatic heterocycles. The first-order valence-electron chi connectivity index (χ1n) is 8.07. The van der Waals surface area contributed by atoms with E-state index >= 15 is 0 Å². The van der Waals surface area contributed by atoms with Crippen molar-refractivity contribution in [2.24, 2.45) is 0 Å². The van der Waals surface area contributed by atoms with E-state index in [-0.39, 0.29) is 18.4 Å². The van der Waals surface area contributed by atoms with Gasteiger partial charge in [-0.05, 0) is 50.5 Å². The highest BCUT2D eigenvalue weighted by atomic mass is 19.1. The molecule has 1 atom stereocenters. The van der Waals surface area contributed by atoms with Gasteiger partial charge in [-0.1, -0.05) is 0 Å². The Kier molecular flexibility index (Phi) is 4.46. The van der Waals surface area contributed by atoms with Gasteiger partial charge in [-0.2, -0.15) is 0 Å². The molecule has 1 unspecified atom stereocenters. The number of carboxylic acid groups (broad SMARTS) is 1. The highest BCUT2D eigenvalue weighted by Crippen LogP contribution is 2.40. The zero-order valence-electron chi connectivity index (χ0n) is 13.4. The van der Waals surface area contributed by atoms with Crippen molar-refractivity contribution in [1.82, 2.24) is 10.3 Å². The van der Waals surface area contributed by atoms with Gasteiger partial charge in [0, 0.05) is 29.5 Å². The van der Waals surface area contributed by atoms with Gasteiger partial charge in [-0.3, -0.25) is 14.6 Å². The Morgan fingerprint density at radius 1 is 1.38 bits per heavy atom. The fourth-order valence-corrected chi connectivity index (χ4v) is 2.71. The van der Waals surface area contributed by atoms with Crippen molar-refractivity contribution in [2.45, 2.75) is 44.6 Å². The minimum atomic E-state index is -0.899. The second-order valence-electron chi connectivity index (χ2n) is 6.34. The monoisotopic (exact) mass is 330 g/mol. The largest absolute Gasteiger partial charge is 0.481 e. The maximum Gasteiger partial charge on any atom is 0.303 e. The van der Waals surface area contributed by atoms with Crippen LogP contribution in [0.15, 0.2) is 24.3 Å². The summed E-state index contributed by atoms with van der Waals surface area (Å²) in [6.45, 7) is 1.76. The summed E-state index contributed by atoms with van der Waals surface area (Å²) in [6, 6.07) is 5.69. The topological polar surface area (TPSA) is 79.3 Å². The van der Waals surface area contributed by atoms with E-state index in [4.69, 9.17) is 5.11 Å². The quantitative estimate of drug-likeness (QED) is 0.852. The molecular formula is C18H19FN2O3. The molecule has 0 aliphatic heterocycles. The van der Waals surface area contributed by atoms with E-state index in [0.717, 1.165) is 18.5 Å². The molecule has 0 spiro atoms. The summed E-state index contributed by atoms with van der Waals surface area (Å²) in [5.74, 6) is -1.27. The Labute approximate surface area is 138 Å². The molecule has 5 nitrogen and oxygen atoms in total. The maximum absolute atomic E-state index is 13.6. The number of nitrogens with zero attached hydrogens (tertiary/aromatic N) is 1. The fraction of sp³-hybridized carbons (Fsp3) is 0.389. The molecule has 1 saturated carbocycles. The number of halogens is 1. The van der Waals surface area contributed by atoms with Gasteiger partial charge < -0.3 is 10.4 Å². The van der Waals surface area contributed by atoms with E-state index in [1.807, 2.05) is 0 Å². The zero-order valence-corrected chi connectivity index (χ0v) is 13.4. The van der Waals surface area contributed by atoms with Crippen molar-refractivity contribution in [3.05, 3.63) is 41.3 Å². The number of amides is 1. The Morgan fingerprint density at radius 2 is 2.12 bits per heavy atom. The van der Waals surface area contributed by atoms with Crippen molar-refractivity contribution in [3.63, 3.8) is 0 Å². The highest BCUT2D eigenvalue weighted by Gasteiger charge is 2.27. The SMILES string of the molecule is CC(CCC(=O)O)NC(=O)c1cc(C2CC2)nc2ccc(F)cc12. The Bertz CT molecular complexity index is 802. The lowest BCUT2D eigenvalue weighted by molar-refractivity contribution is -0.137. The normalized spacial score (nSPS) is 15.2. The Hall–Kier alpha value is -2.50. The molecule has 126 valence electrons. The number of rotatable bonds is 6. The number of nitrogens with one attached hydrogen (secondary N) is 1. The van der Waals surface area contributed by atoms with Crippen LogP contribution in [0.3, 0.4) is 0 Å². The molecule has 3 rings (SSSR count). The van der Waals surface area contributed by atoms with E-state index in [1.165, 1.54) is 12.1 Å². The van der Waals surface area contributed by atoms with Crippen LogP contribution in [-0.4, -0.2) is 28.0 Å². The van der Waals surface area contributed by atoms with Gasteiger partial charge in [0.2, 0.25) is 0 Å². The molecule has 1 aliphatic rings. The smallest absolute Gasteiger partial charge is 0.303 e. The zero-order chi connectivity index (χ0) is 17.3. The number of carboxylic acids is 1. The minimum absolute atomic E-state index is 0.0134. The number of hydrogen-bond donors (Lipinski definition) is 2. The van der Waals surface area contributed by atoms with E-state index in [9.17, 15) is 14.0 Å². The average molecular weight is 330 g/mol. The van der Waals surface area contributed by atoms with Crippen LogP contribution in [0.1, 0.15) is 54.6 Å². The lowest BCUT2D eigenvalue weighted by Crippen LogP contribution is -2.33. The lowest BCUT2D eigenvalue weighted by Gasteiger charge is -2.15. The summed E-state index contributed by atoms with van der Waals surface area (Å²) in [4.78, 5) is 27.8. The van der Waals surface area contributed by atoms with Gasteiger partial charge in [0.25, 0.3) is 5.91 Å². The first kappa shape index (κ1) is 16.4. The van der Waals surface area contributed by atoms with Gasteiger partial charge in [0.15, 0.2) is 0 Å². The van der Waals surface area contributed by atoms with Crippen molar-refractivity contribution in [3.8, 4) is 0 Å². The predicted molar refractivity (Wildman–Crippen MR) is 87.5 cm³/mol. The van der Waals surface area contributed by atoms with Gasteiger partial charge in [-0.15, -0.1) is 0 Å². The number of carbonyl (C=O) groups excluding carboxylic acids is 1. The van der Waals surface area contributed by atoms with Crippen LogP contribution < -0.4 is 5.32 Å². The molecule has 2 N–H and O–H groups in total. The molecule has 0 radical (unpaired) electrons. The average Bonchev–Trinajstić information content (AvgIpc) is 3.36. The fourth-order valence-electron chi connectivity index (χ4n) is 2.71. The minimum Gasteiger partial charge on any atom is -0.481 e. The van der Waals surface area contributed by atoms with Crippen molar-refractivity contribution >= 4 is 22.8 Å². The van der Waals surface area contributed by atoms with Gasteiger partial charge in [0.05, 0.1) is 11.1 Å². The third-order valence-electron chi connectivity index (χ3n) is 4.20. The van der Waals surface area contributed by atoms with E-state index in [2.05, 4.69) is 10.3 Å². The first-order valence-corrected chi connectivity index (χ1v) is 8.07. The van der Waals surface area contributed by atoms with Gasteiger partial charge >= 0.3 is 5.97 Å². The van der Waals surface area contributed by atoms with Crippen LogP contribution in [-0.2, 0) is 4.79 Å². The molecule has 0 saturated heterocycles. The molecule has 2 aromatic rings. The number of benzene rings is 1. The molecular weight excluding hydrogens is 311 g/mol. The summed E-state index contributed by atoms with van der Waals surface area (Å²) < 4.78 is 13.6. The second kappa shape index (κ2) is 6.55. The number of aliphatic carboxylic acids is 1. The van der Waals surface area contributed by atoms with Crippen LogP contribution in [0.5, 0.6) is 0 Å². The standard InChI is InChI=1S/C18H19FN2O3/c1-10(2-7-17(22)23)20-18(24)14-9-16(11-3-4-11)21-15-6-5-12(19)8-13(14)15/h5-6,8-11H,2-4,7H2,1H3,(H,20,24)(H,22,23). The number of carbonyl (C=O) groups is 2. The van der Waals surface area contributed by atoms with Crippen LogP contribution in [0.2, 0.25) is 0 Å². The number of fused-ring (bicyclic) bond motifs is 1. The van der Waals surface area contributed by atoms with E-state index in [0.29, 0.717) is 28.8 Å². The van der Waals surface area contributed by atoms with Crippen LogP contribution >= 0.6 is 0 Å². The number of aromatic nitrogens is 1. The number of pyridine rings is 1. The highest BCUT2D eigenvalue weighted by molar-refractivity contribution is 6.06. The van der Waals surface area contributed by atoms with E-state index in [1.54, 1.807) is 19.1 Å². The summed E-state index contributed by atoms with van der Waals surface area (Å²) in [5.41, 5.74) is 1.85. The Morgan fingerprint density at radius 3 is 2.79 bits per heavy atom. The molecule has 1 aromatic carbocycles. The summed E-state index contributed by atoms with van der Waals surface area (Å²) in [6.07, 6.45) is 2.43. The van der Waals surface area contributed by atoms with Crippen molar-refractivity contribution in [1.29, 1.82) is 0 Å². The molecule has 1 aliphatic carbocycles. The van der Waals surface area contributed by atoms with Gasteiger partial charge in [0.1, 0.15) is 5.82 Å². The third kappa shape index (κ3) is 3.69. The summed E-state index contributed by atoms with van der Waals surface area (Å²) in [5, 5.41) is 12.0. The summed E-state index contributed by atoms with van der Waals surface area (Å²) in [7, 11) is 0. The Balaban J connectivity index is 1.89.